The highest BCUT2D eigenvalue weighted by atomic mass is 16.3. The smallest absolute Gasteiger partial charge is 0.286 e. The number of benzene rings is 1. The molecule has 0 saturated carbocycles. The summed E-state index contributed by atoms with van der Waals surface area (Å²) in [6.07, 6.45) is 3.15. The van der Waals surface area contributed by atoms with Crippen molar-refractivity contribution in [3.63, 3.8) is 0 Å². The van der Waals surface area contributed by atoms with Gasteiger partial charge in [-0.1, -0.05) is 12.1 Å². The van der Waals surface area contributed by atoms with E-state index in [1.807, 2.05) is 12.1 Å². The number of anilines is 1. The Labute approximate surface area is 167 Å². The van der Waals surface area contributed by atoms with Gasteiger partial charge in [-0.3, -0.25) is 19.4 Å². The van der Waals surface area contributed by atoms with E-state index in [9.17, 15) is 14.4 Å². The van der Waals surface area contributed by atoms with Crippen LogP contribution in [0.2, 0.25) is 0 Å². The van der Waals surface area contributed by atoms with Crippen molar-refractivity contribution in [2.75, 3.05) is 11.9 Å². The Balaban J connectivity index is 1.46. The third-order valence-electron chi connectivity index (χ3n) is 3.95. The Morgan fingerprint density at radius 1 is 0.931 bits per heavy atom. The first-order valence-corrected chi connectivity index (χ1v) is 9.01. The fourth-order valence-electron chi connectivity index (χ4n) is 2.52. The molecule has 0 aliphatic carbocycles. The number of carbonyl (C=O) groups is 3. The first-order chi connectivity index (χ1) is 14.1. The molecule has 0 fully saturated rings. The molecule has 1 aromatic carbocycles. The van der Waals surface area contributed by atoms with Crippen LogP contribution in [0, 0.1) is 0 Å². The fraction of sp³-hybridized carbons (Fsp3) is 0.143. The third-order valence-corrected chi connectivity index (χ3v) is 3.95. The van der Waals surface area contributed by atoms with Gasteiger partial charge in [0, 0.05) is 30.4 Å². The van der Waals surface area contributed by atoms with Gasteiger partial charge in [0.15, 0.2) is 5.76 Å². The molecule has 2 heterocycles. The molecule has 3 aromatic rings. The van der Waals surface area contributed by atoms with Crippen LogP contribution in [0.3, 0.4) is 0 Å². The summed E-state index contributed by atoms with van der Waals surface area (Å²) in [5.74, 6) is -0.738. The molecule has 8 nitrogen and oxygen atoms in total. The molecule has 3 N–H and O–H groups in total. The maximum Gasteiger partial charge on any atom is 0.286 e. The number of rotatable bonds is 8. The Hall–Kier alpha value is -3.94. The van der Waals surface area contributed by atoms with Crippen molar-refractivity contribution < 1.29 is 18.8 Å². The maximum atomic E-state index is 12.3. The molecule has 3 amide bonds. The van der Waals surface area contributed by atoms with Gasteiger partial charge >= 0.3 is 0 Å². The normalized spacial score (nSPS) is 10.2. The Kier molecular flexibility index (Phi) is 6.72. The molecule has 3 rings (SSSR count). The molecule has 0 atom stereocenters. The molecule has 0 aliphatic heterocycles. The summed E-state index contributed by atoms with van der Waals surface area (Å²) in [7, 11) is 0. The zero-order chi connectivity index (χ0) is 20.5. The van der Waals surface area contributed by atoms with Gasteiger partial charge in [0.1, 0.15) is 0 Å². The van der Waals surface area contributed by atoms with E-state index in [-0.39, 0.29) is 36.4 Å². The van der Waals surface area contributed by atoms with Crippen LogP contribution in [0.15, 0.2) is 71.5 Å². The fourth-order valence-corrected chi connectivity index (χ4v) is 2.52. The molecule has 0 unspecified atom stereocenters. The first-order valence-electron chi connectivity index (χ1n) is 9.01. The van der Waals surface area contributed by atoms with E-state index in [1.165, 1.54) is 6.26 Å². The monoisotopic (exact) mass is 392 g/mol. The second-order valence-corrected chi connectivity index (χ2v) is 6.12. The van der Waals surface area contributed by atoms with Gasteiger partial charge in [0.2, 0.25) is 5.91 Å². The molecule has 8 heteroatoms. The van der Waals surface area contributed by atoms with Crippen molar-refractivity contribution >= 4 is 23.4 Å². The largest absolute Gasteiger partial charge is 0.459 e. The molecule has 2 aromatic heterocycles. The van der Waals surface area contributed by atoms with Crippen molar-refractivity contribution in [3.05, 3.63) is 84.1 Å². The lowest BCUT2D eigenvalue weighted by Crippen LogP contribution is -2.27. The highest BCUT2D eigenvalue weighted by Gasteiger charge is 2.10. The highest BCUT2D eigenvalue weighted by molar-refractivity contribution is 5.97. The van der Waals surface area contributed by atoms with Crippen LogP contribution >= 0.6 is 0 Å². The minimum absolute atomic E-state index is 0.0859. The SMILES string of the molecule is O=C(CCNC(=O)c1ccco1)Nc1cccc(C(=O)NCc2ccccn2)c1. The topological polar surface area (TPSA) is 113 Å². The summed E-state index contributed by atoms with van der Waals surface area (Å²) < 4.78 is 4.98. The van der Waals surface area contributed by atoms with E-state index in [0.29, 0.717) is 17.8 Å². The number of pyridine rings is 1. The number of nitrogens with zero attached hydrogens (tertiary/aromatic N) is 1. The molecule has 0 aliphatic rings. The lowest BCUT2D eigenvalue weighted by Gasteiger charge is -2.09. The van der Waals surface area contributed by atoms with Crippen LogP contribution < -0.4 is 16.0 Å². The summed E-state index contributed by atoms with van der Waals surface area (Å²) in [5.41, 5.74) is 1.67. The maximum absolute atomic E-state index is 12.3. The van der Waals surface area contributed by atoms with Crippen molar-refractivity contribution in [1.82, 2.24) is 15.6 Å². The van der Waals surface area contributed by atoms with Crippen LogP contribution in [0.5, 0.6) is 0 Å². The minimum Gasteiger partial charge on any atom is -0.459 e. The van der Waals surface area contributed by atoms with Gasteiger partial charge in [-0.2, -0.15) is 0 Å². The number of amides is 3. The van der Waals surface area contributed by atoms with Gasteiger partial charge in [-0.25, -0.2) is 0 Å². The average Bonchev–Trinajstić information content (AvgIpc) is 3.28. The minimum atomic E-state index is -0.380. The van der Waals surface area contributed by atoms with Crippen LogP contribution in [-0.2, 0) is 11.3 Å². The Bertz CT molecular complexity index is 971. The van der Waals surface area contributed by atoms with Gasteiger partial charge in [0.25, 0.3) is 11.8 Å². The first kappa shape index (κ1) is 19.8. The lowest BCUT2D eigenvalue weighted by molar-refractivity contribution is -0.116. The summed E-state index contributed by atoms with van der Waals surface area (Å²) in [6, 6.07) is 15.3. The van der Waals surface area contributed by atoms with Gasteiger partial charge in [-0.05, 0) is 42.5 Å². The number of carbonyl (C=O) groups excluding carboxylic acids is 3. The second kappa shape index (κ2) is 9.84. The zero-order valence-electron chi connectivity index (χ0n) is 15.6. The van der Waals surface area contributed by atoms with Gasteiger partial charge < -0.3 is 20.4 Å². The standard InChI is InChI=1S/C21H20N4O4/c26-19(9-11-23-21(28)18-8-4-12-29-18)25-16-7-3-5-15(13-16)20(27)24-14-17-6-1-2-10-22-17/h1-8,10,12-13H,9,11,14H2,(H,23,28)(H,24,27)(H,25,26). The number of hydrogen-bond donors (Lipinski definition) is 3. The molecule has 0 bridgehead atoms. The van der Waals surface area contributed by atoms with E-state index in [2.05, 4.69) is 20.9 Å². The van der Waals surface area contributed by atoms with Gasteiger partial charge in [-0.15, -0.1) is 0 Å². The molecular formula is C21H20N4O4. The molecule has 0 saturated heterocycles. The van der Waals surface area contributed by atoms with Crippen molar-refractivity contribution in [1.29, 1.82) is 0 Å². The third kappa shape index (κ3) is 6.03. The Morgan fingerprint density at radius 2 is 1.83 bits per heavy atom. The summed E-state index contributed by atoms with van der Waals surface area (Å²) >= 11 is 0. The highest BCUT2D eigenvalue weighted by Crippen LogP contribution is 2.11. The molecule has 0 spiro atoms. The summed E-state index contributed by atoms with van der Waals surface area (Å²) in [5, 5.41) is 8.10. The summed E-state index contributed by atoms with van der Waals surface area (Å²) in [4.78, 5) is 40.3. The van der Waals surface area contributed by atoms with E-state index in [1.54, 1.807) is 48.7 Å². The number of nitrogens with one attached hydrogen (secondary N) is 3. The molecule has 0 radical (unpaired) electrons. The quantitative estimate of drug-likeness (QED) is 0.545. The predicted octanol–water partition coefficient (Wildman–Crippen LogP) is 2.36. The van der Waals surface area contributed by atoms with Crippen molar-refractivity contribution in [2.24, 2.45) is 0 Å². The summed E-state index contributed by atoms with van der Waals surface area (Å²) in [6.45, 7) is 0.473. The average molecular weight is 392 g/mol. The van der Waals surface area contributed by atoms with Crippen LogP contribution in [0.4, 0.5) is 5.69 Å². The Morgan fingerprint density at radius 3 is 2.59 bits per heavy atom. The molecule has 148 valence electrons. The van der Waals surface area contributed by atoms with Crippen molar-refractivity contribution in [2.45, 2.75) is 13.0 Å². The predicted molar refractivity (Wildman–Crippen MR) is 106 cm³/mol. The van der Waals surface area contributed by atoms with Crippen LogP contribution in [0.1, 0.15) is 33.0 Å². The number of furan rings is 1. The van der Waals surface area contributed by atoms with E-state index >= 15 is 0 Å². The zero-order valence-corrected chi connectivity index (χ0v) is 15.6. The van der Waals surface area contributed by atoms with Crippen LogP contribution in [-0.4, -0.2) is 29.3 Å². The molecule has 29 heavy (non-hydrogen) atoms. The van der Waals surface area contributed by atoms with Crippen molar-refractivity contribution in [3.8, 4) is 0 Å². The number of aromatic nitrogens is 1. The molecular weight excluding hydrogens is 372 g/mol. The van der Waals surface area contributed by atoms with E-state index in [4.69, 9.17) is 4.42 Å². The van der Waals surface area contributed by atoms with E-state index in [0.717, 1.165) is 5.69 Å². The van der Waals surface area contributed by atoms with Gasteiger partial charge in [0.05, 0.1) is 18.5 Å². The number of hydrogen-bond acceptors (Lipinski definition) is 5. The van der Waals surface area contributed by atoms with E-state index < -0.39 is 0 Å². The lowest BCUT2D eigenvalue weighted by atomic mass is 10.2. The van der Waals surface area contributed by atoms with Crippen LogP contribution in [0.25, 0.3) is 0 Å². The second-order valence-electron chi connectivity index (χ2n) is 6.12.